The molecule has 0 atom stereocenters. The minimum Gasteiger partial charge on any atom is -0.476 e. The molecule has 6 heteroatoms. The molecule has 0 fully saturated rings. The molecule has 0 saturated carbocycles. The SMILES string of the molecule is O=C(O)c1cn2c(-c3ccncc3)csc2n1. The Bertz CT molecular complexity index is 687. The zero-order chi connectivity index (χ0) is 11.8. The van der Waals surface area contributed by atoms with Crippen LogP contribution in [0.4, 0.5) is 0 Å². The van der Waals surface area contributed by atoms with Crippen LogP contribution < -0.4 is 0 Å². The zero-order valence-electron chi connectivity index (χ0n) is 8.57. The van der Waals surface area contributed by atoms with Gasteiger partial charge in [-0.25, -0.2) is 9.78 Å². The van der Waals surface area contributed by atoms with E-state index in [0.29, 0.717) is 4.96 Å². The fraction of sp³-hybridized carbons (Fsp3) is 0. The first kappa shape index (κ1) is 9.98. The molecular weight excluding hydrogens is 238 g/mol. The highest BCUT2D eigenvalue weighted by Crippen LogP contribution is 2.25. The van der Waals surface area contributed by atoms with E-state index in [1.807, 2.05) is 17.5 Å². The molecule has 5 nitrogen and oxygen atoms in total. The summed E-state index contributed by atoms with van der Waals surface area (Å²) in [5.41, 5.74) is 1.97. The van der Waals surface area contributed by atoms with Crippen molar-refractivity contribution in [3.05, 3.63) is 41.8 Å². The van der Waals surface area contributed by atoms with Crippen molar-refractivity contribution in [1.82, 2.24) is 14.4 Å². The Morgan fingerprint density at radius 2 is 2.12 bits per heavy atom. The number of thiazole rings is 1. The number of imidazole rings is 1. The van der Waals surface area contributed by atoms with Gasteiger partial charge in [-0.2, -0.15) is 0 Å². The number of carbonyl (C=O) groups is 1. The van der Waals surface area contributed by atoms with Gasteiger partial charge >= 0.3 is 5.97 Å². The van der Waals surface area contributed by atoms with Gasteiger partial charge in [0.1, 0.15) is 0 Å². The molecule has 0 aromatic carbocycles. The number of aromatic nitrogens is 3. The maximum atomic E-state index is 10.8. The van der Waals surface area contributed by atoms with Gasteiger partial charge in [0.2, 0.25) is 0 Å². The van der Waals surface area contributed by atoms with Crippen molar-refractivity contribution in [2.24, 2.45) is 0 Å². The van der Waals surface area contributed by atoms with Crippen LogP contribution in [0.25, 0.3) is 16.2 Å². The summed E-state index contributed by atoms with van der Waals surface area (Å²) in [6.07, 6.45) is 4.94. The molecule has 0 bridgehead atoms. The molecule has 0 aliphatic rings. The average molecular weight is 245 g/mol. The summed E-state index contributed by atoms with van der Waals surface area (Å²) in [5, 5.41) is 10.8. The third-order valence-electron chi connectivity index (χ3n) is 2.40. The second-order valence-corrected chi connectivity index (χ2v) is 4.28. The first-order valence-electron chi connectivity index (χ1n) is 4.86. The summed E-state index contributed by atoms with van der Waals surface area (Å²) in [5.74, 6) is -1.01. The number of aromatic carboxylic acids is 1. The summed E-state index contributed by atoms with van der Waals surface area (Å²) in [6.45, 7) is 0. The van der Waals surface area contributed by atoms with Gasteiger partial charge in [-0.05, 0) is 12.1 Å². The van der Waals surface area contributed by atoms with E-state index in [1.54, 1.807) is 16.8 Å². The minimum atomic E-state index is -1.01. The number of rotatable bonds is 2. The monoisotopic (exact) mass is 245 g/mol. The van der Waals surface area contributed by atoms with Crippen LogP contribution in [-0.4, -0.2) is 25.4 Å². The first-order chi connectivity index (χ1) is 8.25. The smallest absolute Gasteiger partial charge is 0.356 e. The summed E-state index contributed by atoms with van der Waals surface area (Å²) in [6, 6.07) is 3.75. The number of carboxylic acid groups (broad SMARTS) is 1. The maximum absolute atomic E-state index is 10.8. The Kier molecular flexibility index (Phi) is 2.15. The highest BCUT2D eigenvalue weighted by Gasteiger charge is 2.13. The van der Waals surface area contributed by atoms with Crippen LogP contribution in [0.2, 0.25) is 0 Å². The molecule has 0 unspecified atom stereocenters. The Morgan fingerprint density at radius 1 is 1.35 bits per heavy atom. The number of hydrogen-bond donors (Lipinski definition) is 1. The predicted octanol–water partition coefficient (Wildman–Crippen LogP) is 2.16. The molecule has 17 heavy (non-hydrogen) atoms. The van der Waals surface area contributed by atoms with E-state index in [9.17, 15) is 4.79 Å². The van der Waals surface area contributed by atoms with Crippen molar-refractivity contribution in [3.8, 4) is 11.3 Å². The van der Waals surface area contributed by atoms with Gasteiger partial charge in [-0.15, -0.1) is 11.3 Å². The number of fused-ring (bicyclic) bond motifs is 1. The quantitative estimate of drug-likeness (QED) is 0.751. The van der Waals surface area contributed by atoms with E-state index in [2.05, 4.69) is 9.97 Å². The molecule has 3 aromatic rings. The average Bonchev–Trinajstić information content (AvgIpc) is 2.89. The van der Waals surface area contributed by atoms with Crippen molar-refractivity contribution in [2.45, 2.75) is 0 Å². The summed E-state index contributed by atoms with van der Waals surface area (Å²) < 4.78 is 1.78. The lowest BCUT2D eigenvalue weighted by atomic mass is 10.2. The number of carboxylic acids is 1. The molecule has 3 rings (SSSR count). The second kappa shape index (κ2) is 3.67. The van der Waals surface area contributed by atoms with Gasteiger partial charge in [0.05, 0.1) is 5.69 Å². The molecule has 3 aromatic heterocycles. The Balaban J connectivity index is 2.21. The van der Waals surface area contributed by atoms with Gasteiger partial charge in [0, 0.05) is 29.5 Å². The lowest BCUT2D eigenvalue weighted by molar-refractivity contribution is 0.0691. The lowest BCUT2D eigenvalue weighted by Gasteiger charge is -1.97. The Labute approximate surface area is 100 Å². The van der Waals surface area contributed by atoms with Crippen LogP contribution in [0.5, 0.6) is 0 Å². The Morgan fingerprint density at radius 3 is 2.82 bits per heavy atom. The van der Waals surface area contributed by atoms with E-state index in [4.69, 9.17) is 5.11 Å². The van der Waals surface area contributed by atoms with Crippen LogP contribution in [0.15, 0.2) is 36.1 Å². The highest BCUT2D eigenvalue weighted by molar-refractivity contribution is 7.15. The molecule has 0 aliphatic heterocycles. The fourth-order valence-corrected chi connectivity index (χ4v) is 2.50. The molecular formula is C11H7N3O2S. The van der Waals surface area contributed by atoms with Crippen molar-refractivity contribution in [1.29, 1.82) is 0 Å². The number of nitrogens with zero attached hydrogens (tertiary/aromatic N) is 3. The van der Waals surface area contributed by atoms with E-state index >= 15 is 0 Å². The summed E-state index contributed by atoms with van der Waals surface area (Å²) >= 11 is 1.42. The predicted molar refractivity (Wildman–Crippen MR) is 63.3 cm³/mol. The van der Waals surface area contributed by atoms with Crippen molar-refractivity contribution < 1.29 is 9.90 Å². The molecule has 0 radical (unpaired) electrons. The standard InChI is InChI=1S/C11H7N3O2S/c15-10(16)8-5-14-9(6-17-11(14)13-8)7-1-3-12-4-2-7/h1-6H,(H,15,16). The molecule has 1 N–H and O–H groups in total. The lowest BCUT2D eigenvalue weighted by Crippen LogP contribution is -1.95. The molecule has 3 heterocycles. The fourth-order valence-electron chi connectivity index (χ4n) is 1.62. The van der Waals surface area contributed by atoms with Gasteiger partial charge < -0.3 is 5.11 Å². The van der Waals surface area contributed by atoms with Gasteiger partial charge in [0.25, 0.3) is 0 Å². The third-order valence-corrected chi connectivity index (χ3v) is 3.24. The molecule has 84 valence electrons. The van der Waals surface area contributed by atoms with E-state index in [0.717, 1.165) is 11.3 Å². The van der Waals surface area contributed by atoms with Gasteiger partial charge in [-0.3, -0.25) is 9.38 Å². The van der Waals surface area contributed by atoms with Crippen LogP contribution >= 0.6 is 11.3 Å². The summed E-state index contributed by atoms with van der Waals surface area (Å²) in [7, 11) is 0. The third kappa shape index (κ3) is 1.58. The van der Waals surface area contributed by atoms with Crippen LogP contribution in [-0.2, 0) is 0 Å². The van der Waals surface area contributed by atoms with Gasteiger partial charge in [-0.1, -0.05) is 0 Å². The second-order valence-electron chi connectivity index (χ2n) is 3.44. The van der Waals surface area contributed by atoms with E-state index in [-0.39, 0.29) is 5.69 Å². The van der Waals surface area contributed by atoms with Crippen molar-refractivity contribution in [3.63, 3.8) is 0 Å². The first-order valence-corrected chi connectivity index (χ1v) is 5.74. The van der Waals surface area contributed by atoms with Crippen LogP contribution in [0.1, 0.15) is 10.5 Å². The zero-order valence-corrected chi connectivity index (χ0v) is 9.39. The van der Waals surface area contributed by atoms with E-state index < -0.39 is 5.97 Å². The van der Waals surface area contributed by atoms with E-state index in [1.165, 1.54) is 17.5 Å². The Hall–Kier alpha value is -2.21. The number of hydrogen-bond acceptors (Lipinski definition) is 4. The van der Waals surface area contributed by atoms with Crippen LogP contribution in [0.3, 0.4) is 0 Å². The minimum absolute atomic E-state index is 0.0622. The highest BCUT2D eigenvalue weighted by atomic mass is 32.1. The molecule has 0 saturated heterocycles. The topological polar surface area (TPSA) is 67.5 Å². The van der Waals surface area contributed by atoms with Crippen molar-refractivity contribution in [2.75, 3.05) is 0 Å². The van der Waals surface area contributed by atoms with Gasteiger partial charge in [0.15, 0.2) is 10.7 Å². The largest absolute Gasteiger partial charge is 0.476 e. The molecule has 0 spiro atoms. The number of pyridine rings is 1. The summed E-state index contributed by atoms with van der Waals surface area (Å²) in [4.78, 5) is 19.5. The maximum Gasteiger partial charge on any atom is 0.356 e. The molecule has 0 aliphatic carbocycles. The van der Waals surface area contributed by atoms with Crippen molar-refractivity contribution >= 4 is 22.3 Å². The normalized spacial score (nSPS) is 10.8. The molecule has 0 amide bonds. The van der Waals surface area contributed by atoms with Crippen LogP contribution in [0, 0.1) is 0 Å².